The number of fused-ring (bicyclic) bond motifs is 1. The third-order valence-corrected chi connectivity index (χ3v) is 7.04. The van der Waals surface area contributed by atoms with Crippen molar-refractivity contribution in [1.82, 2.24) is 0 Å². The molecule has 2 aliphatic carbocycles. The summed E-state index contributed by atoms with van der Waals surface area (Å²) in [6.07, 6.45) is 8.99. The van der Waals surface area contributed by atoms with E-state index in [-0.39, 0.29) is 12.5 Å². The highest BCUT2D eigenvalue weighted by atomic mass is 19.4. The minimum Gasteiger partial charge on any atom is -0.467 e. The Morgan fingerprint density at radius 2 is 1.38 bits per heavy atom. The molecule has 2 fully saturated rings. The minimum absolute atomic E-state index is 0.166. The van der Waals surface area contributed by atoms with Gasteiger partial charge in [0.25, 0.3) is 0 Å². The zero-order chi connectivity index (χ0) is 20.3. The fourth-order valence-corrected chi connectivity index (χ4v) is 5.83. The average molecular weight is 412 g/mol. The fourth-order valence-electron chi connectivity index (χ4n) is 5.83. The van der Waals surface area contributed by atoms with Crippen molar-refractivity contribution in [3.63, 3.8) is 0 Å². The molecule has 1 aromatic rings. The van der Waals surface area contributed by atoms with Crippen LogP contribution in [0.1, 0.15) is 82.6 Å². The summed E-state index contributed by atoms with van der Waals surface area (Å²) in [6, 6.07) is 4.52. The van der Waals surface area contributed by atoms with Gasteiger partial charge in [-0.3, -0.25) is 0 Å². The number of hydrogen-bond donors (Lipinski definition) is 0. The number of alkyl halides is 3. The summed E-state index contributed by atoms with van der Waals surface area (Å²) >= 11 is 0. The van der Waals surface area contributed by atoms with E-state index in [0.29, 0.717) is 17.6 Å². The Bertz CT molecular complexity index is 652. The van der Waals surface area contributed by atoms with Crippen LogP contribution in [0, 0.1) is 11.8 Å². The highest BCUT2D eigenvalue weighted by molar-refractivity contribution is 5.46. The molecule has 2 saturated carbocycles. The molecule has 3 aliphatic rings. The van der Waals surface area contributed by atoms with Crippen LogP contribution in [0.15, 0.2) is 18.2 Å². The second-order valence-electron chi connectivity index (χ2n) is 8.78. The summed E-state index contributed by atoms with van der Waals surface area (Å²) in [5.74, 6) is 1.07. The van der Waals surface area contributed by atoms with Crippen molar-refractivity contribution in [2.45, 2.75) is 89.0 Å². The molecular formula is C23H31F3O3. The number of ether oxygens (including phenoxy) is 3. The minimum atomic E-state index is -4.71. The molecule has 1 aromatic carbocycles. The molecule has 1 aliphatic heterocycles. The normalized spacial score (nSPS) is 24.1. The lowest BCUT2D eigenvalue weighted by molar-refractivity contribution is -0.274. The lowest BCUT2D eigenvalue weighted by Gasteiger charge is -2.49. The van der Waals surface area contributed by atoms with Gasteiger partial charge in [-0.2, -0.15) is 0 Å². The molecule has 162 valence electrons. The van der Waals surface area contributed by atoms with E-state index in [1.165, 1.54) is 37.8 Å². The summed E-state index contributed by atoms with van der Waals surface area (Å²) in [5, 5.41) is 0. The predicted molar refractivity (Wildman–Crippen MR) is 104 cm³/mol. The van der Waals surface area contributed by atoms with E-state index >= 15 is 0 Å². The maximum atomic E-state index is 12.9. The van der Waals surface area contributed by atoms with Gasteiger partial charge in [-0.25, -0.2) is 0 Å². The largest absolute Gasteiger partial charge is 0.573 e. The molecule has 0 radical (unpaired) electrons. The lowest BCUT2D eigenvalue weighted by Crippen LogP contribution is -2.48. The van der Waals surface area contributed by atoms with Crippen molar-refractivity contribution in [3.05, 3.63) is 23.8 Å². The van der Waals surface area contributed by atoms with E-state index < -0.39 is 12.0 Å². The molecule has 0 amide bonds. The van der Waals surface area contributed by atoms with Crippen LogP contribution in [0.5, 0.6) is 11.5 Å². The standard InChI is InChI=1S/C23H31F3O3/c24-23(25,26)29-19-13-14-21-20(15-19)22(28-16-27-21,17-9-5-1-2-6-10-17)18-11-7-3-4-8-12-18/h13-15,17-18H,1-12,16H2. The van der Waals surface area contributed by atoms with Gasteiger partial charge in [0.05, 0.1) is 0 Å². The zero-order valence-electron chi connectivity index (χ0n) is 16.9. The van der Waals surface area contributed by atoms with Gasteiger partial charge in [0.2, 0.25) is 0 Å². The van der Waals surface area contributed by atoms with Gasteiger partial charge in [-0.1, -0.05) is 51.4 Å². The van der Waals surface area contributed by atoms with E-state index in [1.807, 2.05) is 0 Å². The van der Waals surface area contributed by atoms with Crippen LogP contribution < -0.4 is 9.47 Å². The summed E-state index contributed by atoms with van der Waals surface area (Å²) in [7, 11) is 0. The summed E-state index contributed by atoms with van der Waals surface area (Å²) in [4.78, 5) is 0. The first-order valence-corrected chi connectivity index (χ1v) is 11.2. The van der Waals surface area contributed by atoms with Crippen molar-refractivity contribution in [3.8, 4) is 11.5 Å². The summed E-state index contributed by atoms with van der Waals surface area (Å²) in [6.45, 7) is 0.166. The zero-order valence-corrected chi connectivity index (χ0v) is 16.9. The number of benzene rings is 1. The molecule has 0 spiro atoms. The Morgan fingerprint density at radius 1 is 0.828 bits per heavy atom. The van der Waals surface area contributed by atoms with E-state index in [4.69, 9.17) is 9.47 Å². The number of rotatable bonds is 3. The van der Waals surface area contributed by atoms with E-state index in [1.54, 1.807) is 6.07 Å². The third-order valence-electron chi connectivity index (χ3n) is 7.04. The first-order chi connectivity index (χ1) is 14.0. The number of hydrogen-bond acceptors (Lipinski definition) is 3. The maximum absolute atomic E-state index is 12.9. The van der Waals surface area contributed by atoms with Crippen LogP contribution in [0.4, 0.5) is 13.2 Å². The fraction of sp³-hybridized carbons (Fsp3) is 0.739. The Hall–Kier alpha value is -1.43. The molecule has 0 bridgehead atoms. The molecule has 6 heteroatoms. The van der Waals surface area contributed by atoms with Gasteiger partial charge in [-0.15, -0.1) is 13.2 Å². The topological polar surface area (TPSA) is 27.7 Å². The van der Waals surface area contributed by atoms with E-state index in [2.05, 4.69) is 4.74 Å². The lowest BCUT2D eigenvalue weighted by atomic mass is 9.66. The Kier molecular flexibility index (Phi) is 6.28. The van der Waals surface area contributed by atoms with Gasteiger partial charge in [0, 0.05) is 5.56 Å². The van der Waals surface area contributed by atoms with Crippen molar-refractivity contribution >= 4 is 0 Å². The number of halogens is 3. The summed E-state index contributed by atoms with van der Waals surface area (Å²) in [5.41, 5.74) is 0.192. The van der Waals surface area contributed by atoms with Crippen LogP contribution in [-0.2, 0) is 10.3 Å². The van der Waals surface area contributed by atoms with Crippen LogP contribution >= 0.6 is 0 Å². The SMILES string of the molecule is FC(F)(F)Oc1ccc2c(c1)C(C1CCCCCC1)(C1CCCCCC1)OCO2. The smallest absolute Gasteiger partial charge is 0.467 e. The van der Waals surface area contributed by atoms with E-state index in [0.717, 1.165) is 56.9 Å². The molecule has 0 N–H and O–H groups in total. The first kappa shape index (κ1) is 20.8. The Labute approximate surface area is 170 Å². The van der Waals surface area contributed by atoms with Crippen LogP contribution in [0.25, 0.3) is 0 Å². The second kappa shape index (κ2) is 8.75. The molecule has 3 nitrogen and oxygen atoms in total. The first-order valence-electron chi connectivity index (χ1n) is 11.2. The maximum Gasteiger partial charge on any atom is 0.573 e. The van der Waals surface area contributed by atoms with Crippen molar-refractivity contribution < 1.29 is 27.4 Å². The molecule has 0 atom stereocenters. The van der Waals surface area contributed by atoms with Crippen molar-refractivity contribution in [2.24, 2.45) is 11.8 Å². The highest BCUT2D eigenvalue weighted by Crippen LogP contribution is 2.55. The third kappa shape index (κ3) is 4.52. The van der Waals surface area contributed by atoms with Crippen molar-refractivity contribution in [2.75, 3.05) is 6.79 Å². The van der Waals surface area contributed by atoms with Crippen molar-refractivity contribution in [1.29, 1.82) is 0 Å². The molecule has 0 unspecified atom stereocenters. The highest BCUT2D eigenvalue weighted by Gasteiger charge is 2.51. The molecule has 4 rings (SSSR count). The van der Waals surface area contributed by atoms with Crippen LogP contribution in [0.2, 0.25) is 0 Å². The monoisotopic (exact) mass is 412 g/mol. The van der Waals surface area contributed by atoms with Crippen LogP contribution in [0.3, 0.4) is 0 Å². The molecule has 29 heavy (non-hydrogen) atoms. The van der Waals surface area contributed by atoms with Crippen LogP contribution in [-0.4, -0.2) is 13.2 Å². The second-order valence-corrected chi connectivity index (χ2v) is 8.78. The Balaban J connectivity index is 1.79. The summed E-state index contributed by atoms with van der Waals surface area (Å²) < 4.78 is 55.2. The van der Waals surface area contributed by atoms with Gasteiger partial charge in [-0.05, 0) is 55.7 Å². The molecular weight excluding hydrogens is 381 g/mol. The van der Waals surface area contributed by atoms with E-state index in [9.17, 15) is 13.2 Å². The van der Waals surface area contributed by atoms with Gasteiger partial charge < -0.3 is 14.2 Å². The molecule has 1 heterocycles. The van der Waals surface area contributed by atoms with Gasteiger partial charge in [0.1, 0.15) is 17.1 Å². The molecule has 0 saturated heterocycles. The average Bonchev–Trinajstić information content (AvgIpc) is 3.12. The Morgan fingerprint density at radius 3 is 1.90 bits per heavy atom. The van der Waals surface area contributed by atoms with Gasteiger partial charge >= 0.3 is 6.36 Å². The molecule has 0 aromatic heterocycles. The predicted octanol–water partition coefficient (Wildman–Crippen LogP) is 7.09. The quantitative estimate of drug-likeness (QED) is 0.496. The van der Waals surface area contributed by atoms with Gasteiger partial charge in [0.15, 0.2) is 6.79 Å².